The Morgan fingerprint density at radius 1 is 1.09 bits per heavy atom. The first-order valence-electron chi connectivity index (χ1n) is 12.0. The molecule has 0 aromatic heterocycles. The molecule has 0 radical (unpaired) electrons. The average molecular weight is 469 g/mol. The number of piperidine rings is 1. The molecule has 5 nitrogen and oxygen atoms in total. The number of amides is 2. The Morgan fingerprint density at radius 3 is 2.42 bits per heavy atom. The molecule has 2 fully saturated rings. The van der Waals surface area contributed by atoms with Crippen molar-refractivity contribution < 1.29 is 14.7 Å². The molecule has 0 spiro atoms. The van der Waals surface area contributed by atoms with E-state index in [1.54, 1.807) is 0 Å². The van der Waals surface area contributed by atoms with Gasteiger partial charge in [0, 0.05) is 36.5 Å². The normalized spacial score (nSPS) is 22.2. The van der Waals surface area contributed by atoms with Gasteiger partial charge in [-0.15, -0.1) is 0 Å². The molecule has 2 amide bonds. The van der Waals surface area contributed by atoms with Gasteiger partial charge in [0.25, 0.3) is 0 Å². The predicted molar refractivity (Wildman–Crippen MR) is 130 cm³/mol. The molecule has 0 bridgehead atoms. The van der Waals surface area contributed by atoms with Gasteiger partial charge in [0.15, 0.2) is 0 Å². The standard InChI is InChI=1S/C27H33ClN2O3/c28-23-8-6-21(7-9-23)19-27(14-10-25(32)29-27)15-11-26(33)30-16-12-22(13-17-30)24(31)18-20-4-2-1-3-5-20/h1-9,22,24,31H,10-19H2,(H,29,32)/t24-,27+/m0/s1. The number of nitrogens with zero attached hydrogens (tertiary/aromatic N) is 1. The third-order valence-electron chi connectivity index (χ3n) is 7.23. The molecule has 2 aliphatic rings. The second-order valence-electron chi connectivity index (χ2n) is 9.61. The van der Waals surface area contributed by atoms with E-state index >= 15 is 0 Å². The van der Waals surface area contributed by atoms with Crippen molar-refractivity contribution in [1.82, 2.24) is 10.2 Å². The Hall–Kier alpha value is -2.37. The number of aliphatic hydroxyl groups is 1. The Balaban J connectivity index is 1.28. The maximum Gasteiger partial charge on any atom is 0.222 e. The van der Waals surface area contributed by atoms with Gasteiger partial charge in [0.05, 0.1) is 6.10 Å². The Morgan fingerprint density at radius 2 is 1.79 bits per heavy atom. The molecule has 4 rings (SSSR count). The molecular weight excluding hydrogens is 436 g/mol. The lowest BCUT2D eigenvalue weighted by Gasteiger charge is -2.35. The third kappa shape index (κ3) is 6.36. The van der Waals surface area contributed by atoms with Gasteiger partial charge in [-0.25, -0.2) is 0 Å². The topological polar surface area (TPSA) is 69.6 Å². The fourth-order valence-electron chi connectivity index (χ4n) is 5.24. The molecular formula is C27H33ClN2O3. The van der Waals surface area contributed by atoms with Crippen LogP contribution in [0.4, 0.5) is 0 Å². The molecule has 0 unspecified atom stereocenters. The summed E-state index contributed by atoms with van der Waals surface area (Å²) >= 11 is 6.01. The van der Waals surface area contributed by atoms with Gasteiger partial charge < -0.3 is 15.3 Å². The lowest BCUT2D eigenvalue weighted by molar-refractivity contribution is -0.133. The molecule has 6 heteroatoms. The first kappa shape index (κ1) is 23.8. The molecule has 2 heterocycles. The van der Waals surface area contributed by atoms with E-state index in [0.29, 0.717) is 50.2 Å². The number of aliphatic hydroxyl groups excluding tert-OH is 1. The lowest BCUT2D eigenvalue weighted by atomic mass is 9.84. The summed E-state index contributed by atoms with van der Waals surface area (Å²) in [6, 6.07) is 17.8. The van der Waals surface area contributed by atoms with Crippen molar-refractivity contribution in [3.63, 3.8) is 0 Å². The zero-order chi connectivity index (χ0) is 23.3. The van der Waals surface area contributed by atoms with E-state index in [1.165, 1.54) is 0 Å². The molecule has 0 aliphatic carbocycles. The summed E-state index contributed by atoms with van der Waals surface area (Å²) in [5.41, 5.74) is 1.89. The maximum absolute atomic E-state index is 13.0. The van der Waals surface area contributed by atoms with Crippen LogP contribution in [0.1, 0.15) is 49.7 Å². The van der Waals surface area contributed by atoms with Gasteiger partial charge in [0.2, 0.25) is 11.8 Å². The van der Waals surface area contributed by atoms with Crippen LogP contribution >= 0.6 is 11.6 Å². The molecule has 2 aliphatic heterocycles. The fraction of sp³-hybridized carbons (Fsp3) is 0.481. The first-order valence-corrected chi connectivity index (χ1v) is 12.4. The van der Waals surface area contributed by atoms with Gasteiger partial charge in [-0.05, 0) is 67.7 Å². The lowest BCUT2D eigenvalue weighted by Crippen LogP contribution is -2.46. The highest BCUT2D eigenvalue weighted by molar-refractivity contribution is 6.30. The number of hydrogen-bond acceptors (Lipinski definition) is 3. The van der Waals surface area contributed by atoms with Crippen LogP contribution in [0.2, 0.25) is 5.02 Å². The summed E-state index contributed by atoms with van der Waals surface area (Å²) in [6.45, 7) is 1.37. The average Bonchev–Trinajstić information content (AvgIpc) is 3.20. The van der Waals surface area contributed by atoms with Crippen LogP contribution < -0.4 is 5.32 Å². The quantitative estimate of drug-likeness (QED) is 0.611. The number of carbonyl (C=O) groups excluding carboxylic acids is 2. The first-order chi connectivity index (χ1) is 15.9. The highest BCUT2D eigenvalue weighted by Crippen LogP contribution is 2.31. The highest BCUT2D eigenvalue weighted by Gasteiger charge is 2.38. The summed E-state index contributed by atoms with van der Waals surface area (Å²) in [5, 5.41) is 14.5. The number of benzene rings is 2. The number of halogens is 1. The van der Waals surface area contributed by atoms with Gasteiger partial charge >= 0.3 is 0 Å². The summed E-state index contributed by atoms with van der Waals surface area (Å²) in [7, 11) is 0. The summed E-state index contributed by atoms with van der Waals surface area (Å²) in [4.78, 5) is 26.9. The van der Waals surface area contributed by atoms with Crippen LogP contribution in [0.3, 0.4) is 0 Å². The summed E-state index contributed by atoms with van der Waals surface area (Å²) < 4.78 is 0. The van der Waals surface area contributed by atoms with Gasteiger partial charge in [-0.3, -0.25) is 9.59 Å². The zero-order valence-corrected chi connectivity index (χ0v) is 19.8. The van der Waals surface area contributed by atoms with Crippen molar-refractivity contribution in [3.8, 4) is 0 Å². The number of nitrogens with one attached hydrogen (secondary N) is 1. The molecule has 2 aromatic rings. The monoisotopic (exact) mass is 468 g/mol. The van der Waals surface area contributed by atoms with Crippen molar-refractivity contribution >= 4 is 23.4 Å². The van der Waals surface area contributed by atoms with Crippen LogP contribution in [0.25, 0.3) is 0 Å². The van der Waals surface area contributed by atoms with Crippen LogP contribution in [0.15, 0.2) is 54.6 Å². The van der Waals surface area contributed by atoms with Crippen molar-refractivity contribution in [2.45, 2.75) is 63.0 Å². The molecule has 176 valence electrons. The minimum absolute atomic E-state index is 0.0598. The smallest absolute Gasteiger partial charge is 0.222 e. The van der Waals surface area contributed by atoms with Crippen molar-refractivity contribution in [2.75, 3.05) is 13.1 Å². The van der Waals surface area contributed by atoms with Gasteiger partial charge in [-0.2, -0.15) is 0 Å². The Bertz CT molecular complexity index is 942. The maximum atomic E-state index is 13.0. The highest BCUT2D eigenvalue weighted by atomic mass is 35.5. The van der Waals surface area contributed by atoms with E-state index in [-0.39, 0.29) is 29.4 Å². The molecule has 0 saturated carbocycles. The van der Waals surface area contributed by atoms with Gasteiger partial charge in [-0.1, -0.05) is 54.1 Å². The summed E-state index contributed by atoms with van der Waals surface area (Å²) in [5.74, 6) is 0.423. The van der Waals surface area contributed by atoms with Crippen LogP contribution in [0, 0.1) is 5.92 Å². The van der Waals surface area contributed by atoms with E-state index in [9.17, 15) is 14.7 Å². The number of hydrogen-bond donors (Lipinski definition) is 2. The number of likely N-dealkylation sites (tertiary alicyclic amines) is 1. The number of rotatable bonds is 8. The Labute approximate surface area is 201 Å². The molecule has 33 heavy (non-hydrogen) atoms. The van der Waals surface area contributed by atoms with E-state index in [4.69, 9.17) is 11.6 Å². The Kier molecular flexibility index (Phi) is 7.71. The second kappa shape index (κ2) is 10.7. The third-order valence-corrected chi connectivity index (χ3v) is 7.48. The molecule has 2 saturated heterocycles. The SMILES string of the molecule is O=C1CC[C@@](CCC(=O)N2CCC([C@@H](O)Cc3ccccc3)CC2)(Cc2ccc(Cl)cc2)N1. The van der Waals surface area contributed by atoms with Crippen LogP contribution in [-0.2, 0) is 22.4 Å². The molecule has 2 N–H and O–H groups in total. The second-order valence-corrected chi connectivity index (χ2v) is 10.0. The van der Waals surface area contributed by atoms with Crippen molar-refractivity contribution in [1.29, 1.82) is 0 Å². The summed E-state index contributed by atoms with van der Waals surface area (Å²) in [6.07, 6.45) is 4.95. The van der Waals surface area contributed by atoms with E-state index < -0.39 is 0 Å². The number of carbonyl (C=O) groups is 2. The largest absolute Gasteiger partial charge is 0.392 e. The van der Waals surface area contributed by atoms with Crippen molar-refractivity contribution in [3.05, 3.63) is 70.7 Å². The van der Waals surface area contributed by atoms with Gasteiger partial charge in [0.1, 0.15) is 0 Å². The van der Waals surface area contributed by atoms with Crippen LogP contribution in [0.5, 0.6) is 0 Å². The van der Waals surface area contributed by atoms with E-state index in [0.717, 1.165) is 30.4 Å². The zero-order valence-electron chi connectivity index (χ0n) is 19.0. The fourth-order valence-corrected chi connectivity index (χ4v) is 5.36. The van der Waals surface area contributed by atoms with Crippen LogP contribution in [-0.4, -0.2) is 46.6 Å². The van der Waals surface area contributed by atoms with E-state index in [2.05, 4.69) is 5.32 Å². The minimum atomic E-state index is -0.374. The van der Waals surface area contributed by atoms with E-state index in [1.807, 2.05) is 59.5 Å². The van der Waals surface area contributed by atoms with Crippen molar-refractivity contribution in [2.24, 2.45) is 5.92 Å². The predicted octanol–water partition coefficient (Wildman–Crippen LogP) is 4.15. The molecule has 2 aromatic carbocycles. The molecule has 2 atom stereocenters. The minimum Gasteiger partial charge on any atom is -0.392 e.